The smallest absolute Gasteiger partial charge is 0.288 e. The molecule has 0 saturated carbocycles. The first-order chi connectivity index (χ1) is 8.41. The number of carbonyl (C=O) groups is 1. The van der Waals surface area contributed by atoms with Crippen LogP contribution in [0.2, 0.25) is 5.15 Å². The number of nitrogens with zero attached hydrogens (tertiary/aromatic N) is 2. The second kappa shape index (κ2) is 6.27. The maximum Gasteiger partial charge on any atom is 0.288 e. The molecule has 0 aromatic carbocycles. The van der Waals surface area contributed by atoms with Crippen LogP contribution >= 0.6 is 11.6 Å². The van der Waals surface area contributed by atoms with Crippen molar-refractivity contribution in [3.05, 3.63) is 33.1 Å². The van der Waals surface area contributed by atoms with Gasteiger partial charge >= 0.3 is 0 Å². The number of amides is 1. The van der Waals surface area contributed by atoms with Gasteiger partial charge < -0.3 is 10.4 Å². The van der Waals surface area contributed by atoms with E-state index in [-0.39, 0.29) is 22.9 Å². The fourth-order valence-corrected chi connectivity index (χ4v) is 1.38. The maximum atomic E-state index is 11.7. The van der Waals surface area contributed by atoms with E-state index in [9.17, 15) is 14.9 Å². The normalized spacial score (nSPS) is 11.9. The van der Waals surface area contributed by atoms with Crippen molar-refractivity contribution >= 4 is 23.2 Å². The fraction of sp³-hybridized carbons (Fsp3) is 0.400. The molecule has 1 aromatic rings. The first-order valence-electron chi connectivity index (χ1n) is 5.18. The van der Waals surface area contributed by atoms with E-state index in [0.717, 1.165) is 12.3 Å². The predicted octanol–water partition coefficient (Wildman–Crippen LogP) is 1.14. The summed E-state index contributed by atoms with van der Waals surface area (Å²) >= 11 is 5.69. The molecule has 2 N–H and O–H groups in total. The highest BCUT2D eigenvalue weighted by atomic mass is 35.5. The van der Waals surface area contributed by atoms with Crippen LogP contribution in [-0.2, 0) is 0 Å². The standard InChI is InChI=1S/C10H12ClN3O4/c1-6(15)2-3-12-10(16)8-4-7(14(17)18)5-13-9(8)11/h4-6,15H,2-3H2,1H3,(H,12,16). The van der Waals surface area contributed by atoms with E-state index >= 15 is 0 Å². The lowest BCUT2D eigenvalue weighted by molar-refractivity contribution is -0.385. The number of nitrogens with one attached hydrogen (secondary N) is 1. The molecule has 0 aliphatic carbocycles. The van der Waals surface area contributed by atoms with E-state index in [1.165, 1.54) is 0 Å². The van der Waals surface area contributed by atoms with Gasteiger partial charge in [-0.1, -0.05) is 11.6 Å². The lowest BCUT2D eigenvalue weighted by atomic mass is 10.2. The van der Waals surface area contributed by atoms with Crippen LogP contribution in [-0.4, -0.2) is 33.6 Å². The van der Waals surface area contributed by atoms with Gasteiger partial charge in [-0.25, -0.2) is 4.98 Å². The molecular weight excluding hydrogens is 262 g/mol. The Bertz CT molecular complexity index is 464. The molecular formula is C10H12ClN3O4. The number of pyridine rings is 1. The number of carbonyl (C=O) groups excluding carboxylic acids is 1. The van der Waals surface area contributed by atoms with E-state index in [1.807, 2.05) is 0 Å². The van der Waals surface area contributed by atoms with Crippen LogP contribution in [0, 0.1) is 10.1 Å². The van der Waals surface area contributed by atoms with E-state index in [2.05, 4.69) is 10.3 Å². The van der Waals surface area contributed by atoms with Gasteiger partial charge in [-0.3, -0.25) is 14.9 Å². The van der Waals surface area contributed by atoms with Gasteiger partial charge in [-0.15, -0.1) is 0 Å². The summed E-state index contributed by atoms with van der Waals surface area (Å²) in [7, 11) is 0. The lowest BCUT2D eigenvalue weighted by Crippen LogP contribution is -2.27. The second-order valence-corrected chi connectivity index (χ2v) is 4.04. The van der Waals surface area contributed by atoms with Crippen molar-refractivity contribution in [2.24, 2.45) is 0 Å². The van der Waals surface area contributed by atoms with Crippen molar-refractivity contribution < 1.29 is 14.8 Å². The van der Waals surface area contributed by atoms with Gasteiger partial charge in [0.15, 0.2) is 0 Å². The molecule has 1 aromatic heterocycles. The van der Waals surface area contributed by atoms with E-state index < -0.39 is 16.9 Å². The summed E-state index contributed by atoms with van der Waals surface area (Å²) in [5, 5.41) is 22.0. The van der Waals surface area contributed by atoms with Crippen LogP contribution in [0.5, 0.6) is 0 Å². The van der Waals surface area contributed by atoms with Gasteiger partial charge in [0.2, 0.25) is 0 Å². The van der Waals surface area contributed by atoms with Crippen molar-refractivity contribution in [2.75, 3.05) is 6.54 Å². The third-order valence-corrected chi connectivity index (χ3v) is 2.43. The first kappa shape index (κ1) is 14.3. The Labute approximate surface area is 108 Å². The first-order valence-corrected chi connectivity index (χ1v) is 5.56. The molecule has 1 amide bonds. The second-order valence-electron chi connectivity index (χ2n) is 3.68. The van der Waals surface area contributed by atoms with Crippen LogP contribution in [0.25, 0.3) is 0 Å². The Balaban J connectivity index is 2.78. The third-order valence-electron chi connectivity index (χ3n) is 2.13. The predicted molar refractivity (Wildman–Crippen MR) is 64.5 cm³/mol. The number of hydrogen-bond acceptors (Lipinski definition) is 5. The van der Waals surface area contributed by atoms with E-state index in [4.69, 9.17) is 16.7 Å². The highest BCUT2D eigenvalue weighted by Crippen LogP contribution is 2.18. The zero-order chi connectivity index (χ0) is 13.7. The average Bonchev–Trinajstić information content (AvgIpc) is 2.28. The molecule has 1 unspecified atom stereocenters. The van der Waals surface area contributed by atoms with E-state index in [1.54, 1.807) is 6.92 Å². The van der Waals surface area contributed by atoms with Crippen LogP contribution in [0.1, 0.15) is 23.7 Å². The van der Waals surface area contributed by atoms with Crippen LogP contribution in [0.3, 0.4) is 0 Å². The summed E-state index contributed by atoms with van der Waals surface area (Å²) in [5.41, 5.74) is -0.364. The maximum absolute atomic E-state index is 11.7. The van der Waals surface area contributed by atoms with Crippen LogP contribution in [0.15, 0.2) is 12.3 Å². The largest absolute Gasteiger partial charge is 0.393 e. The molecule has 0 aliphatic heterocycles. The molecule has 18 heavy (non-hydrogen) atoms. The number of aromatic nitrogens is 1. The summed E-state index contributed by atoms with van der Waals surface area (Å²) < 4.78 is 0. The van der Waals surface area contributed by atoms with Crippen LogP contribution < -0.4 is 5.32 Å². The Kier molecular flexibility index (Phi) is 4.99. The number of halogens is 1. The number of nitro groups is 1. The van der Waals surface area contributed by atoms with Gasteiger partial charge in [0.25, 0.3) is 11.6 Å². The SMILES string of the molecule is CC(O)CCNC(=O)c1cc([N+](=O)[O-])cnc1Cl. The van der Waals surface area contributed by atoms with Gasteiger partial charge in [0, 0.05) is 12.6 Å². The molecule has 1 rings (SSSR count). The molecule has 1 heterocycles. The zero-order valence-corrected chi connectivity index (χ0v) is 10.3. The van der Waals surface area contributed by atoms with E-state index in [0.29, 0.717) is 6.42 Å². The minimum Gasteiger partial charge on any atom is -0.393 e. The molecule has 0 aliphatic rings. The molecule has 0 radical (unpaired) electrons. The van der Waals surface area contributed by atoms with Crippen molar-refractivity contribution in [1.29, 1.82) is 0 Å². The Morgan fingerprint density at radius 3 is 2.94 bits per heavy atom. The minimum absolute atomic E-state index is 0.0588. The Hall–Kier alpha value is -1.73. The molecule has 0 spiro atoms. The van der Waals surface area contributed by atoms with Crippen molar-refractivity contribution in [3.8, 4) is 0 Å². The molecule has 98 valence electrons. The Morgan fingerprint density at radius 1 is 1.72 bits per heavy atom. The van der Waals surface area contributed by atoms with Crippen molar-refractivity contribution in [1.82, 2.24) is 10.3 Å². The molecule has 0 fully saturated rings. The van der Waals surface area contributed by atoms with Gasteiger partial charge in [-0.05, 0) is 13.3 Å². The van der Waals surface area contributed by atoms with Gasteiger partial charge in [0.1, 0.15) is 11.3 Å². The minimum atomic E-state index is -0.657. The molecule has 8 heteroatoms. The number of hydrogen-bond donors (Lipinski definition) is 2. The highest BCUT2D eigenvalue weighted by Gasteiger charge is 2.16. The monoisotopic (exact) mass is 273 g/mol. The average molecular weight is 274 g/mol. The molecule has 7 nitrogen and oxygen atoms in total. The number of aliphatic hydroxyl groups is 1. The summed E-state index contributed by atoms with van der Waals surface area (Å²) in [6.07, 6.45) is 0.824. The summed E-state index contributed by atoms with van der Waals surface area (Å²) in [4.78, 5) is 25.2. The number of aliphatic hydroxyl groups excluding tert-OH is 1. The third kappa shape index (κ3) is 3.94. The highest BCUT2D eigenvalue weighted by molar-refractivity contribution is 6.32. The summed E-state index contributed by atoms with van der Waals surface area (Å²) in [6.45, 7) is 1.84. The Morgan fingerprint density at radius 2 is 2.39 bits per heavy atom. The van der Waals surface area contributed by atoms with Gasteiger partial charge in [-0.2, -0.15) is 0 Å². The zero-order valence-electron chi connectivity index (χ0n) is 9.59. The lowest BCUT2D eigenvalue weighted by Gasteiger charge is -2.07. The van der Waals surface area contributed by atoms with Gasteiger partial charge in [0.05, 0.1) is 16.6 Å². The van der Waals surface area contributed by atoms with Crippen molar-refractivity contribution in [3.63, 3.8) is 0 Å². The fourth-order valence-electron chi connectivity index (χ4n) is 1.19. The quantitative estimate of drug-likeness (QED) is 0.475. The molecule has 0 saturated heterocycles. The van der Waals surface area contributed by atoms with Crippen LogP contribution in [0.4, 0.5) is 5.69 Å². The number of rotatable bonds is 5. The van der Waals surface area contributed by atoms with Crippen molar-refractivity contribution in [2.45, 2.75) is 19.4 Å². The molecule has 0 bridgehead atoms. The summed E-state index contributed by atoms with van der Waals surface area (Å²) in [5.74, 6) is -0.558. The topological polar surface area (TPSA) is 105 Å². The molecule has 1 atom stereocenters. The summed E-state index contributed by atoms with van der Waals surface area (Å²) in [6, 6.07) is 1.06.